The quantitative estimate of drug-likeness (QED) is 0.576. The molecule has 4 rings (SSSR count). The molecule has 29 heavy (non-hydrogen) atoms. The van der Waals surface area contributed by atoms with Gasteiger partial charge in [0.1, 0.15) is 5.60 Å². The molecule has 0 spiro atoms. The molecule has 4 heteroatoms. The van der Waals surface area contributed by atoms with Crippen LogP contribution in [0, 0.1) is 0 Å². The lowest BCUT2D eigenvalue weighted by Crippen LogP contribution is -2.50. The van der Waals surface area contributed by atoms with E-state index in [9.17, 15) is 4.79 Å². The van der Waals surface area contributed by atoms with Gasteiger partial charge in [-0.1, -0.05) is 60.7 Å². The summed E-state index contributed by atoms with van der Waals surface area (Å²) in [6, 6.07) is 23.5. The maximum Gasteiger partial charge on any atom is 0.410 e. The summed E-state index contributed by atoms with van der Waals surface area (Å²) in [6.45, 7) is 8.62. The Morgan fingerprint density at radius 3 is 2.17 bits per heavy atom. The van der Waals surface area contributed by atoms with Gasteiger partial charge in [-0.15, -0.1) is 0 Å². The number of piperazine rings is 1. The van der Waals surface area contributed by atoms with E-state index in [0.717, 1.165) is 13.1 Å². The van der Waals surface area contributed by atoms with Crippen molar-refractivity contribution in [3.8, 4) is 11.1 Å². The molecule has 0 N–H and O–H groups in total. The van der Waals surface area contributed by atoms with Crippen molar-refractivity contribution in [1.29, 1.82) is 0 Å². The van der Waals surface area contributed by atoms with Crippen LogP contribution in [0.25, 0.3) is 21.9 Å². The van der Waals surface area contributed by atoms with Crippen molar-refractivity contribution in [3.63, 3.8) is 0 Å². The summed E-state index contributed by atoms with van der Waals surface area (Å²) in [5.74, 6) is 0. The highest BCUT2D eigenvalue weighted by Gasteiger charge is 2.27. The molecule has 3 aromatic rings. The van der Waals surface area contributed by atoms with Crippen molar-refractivity contribution in [2.24, 2.45) is 0 Å². The number of fused-ring (bicyclic) bond motifs is 1. The van der Waals surface area contributed by atoms with E-state index in [1.54, 1.807) is 0 Å². The first-order chi connectivity index (χ1) is 13.9. The SMILES string of the molecule is CC(C)(C)OC(=O)N1CCN(c2ccc3ccccc3c2-c2ccccc2)CC1. The minimum absolute atomic E-state index is 0.223. The summed E-state index contributed by atoms with van der Waals surface area (Å²) < 4.78 is 5.54. The number of hydrogen-bond donors (Lipinski definition) is 0. The Hall–Kier alpha value is -3.01. The predicted octanol–water partition coefficient (Wildman–Crippen LogP) is 5.56. The fraction of sp³-hybridized carbons (Fsp3) is 0.320. The van der Waals surface area contributed by atoms with Crippen molar-refractivity contribution in [2.75, 3.05) is 31.1 Å². The first-order valence-corrected chi connectivity index (χ1v) is 10.2. The molecule has 0 radical (unpaired) electrons. The number of ether oxygens (including phenoxy) is 1. The van der Waals surface area contributed by atoms with Crippen molar-refractivity contribution >= 4 is 22.6 Å². The number of carbonyl (C=O) groups is 1. The van der Waals surface area contributed by atoms with Crippen LogP contribution in [0.3, 0.4) is 0 Å². The third-order valence-electron chi connectivity index (χ3n) is 5.24. The summed E-state index contributed by atoms with van der Waals surface area (Å²) in [5.41, 5.74) is 3.23. The van der Waals surface area contributed by atoms with Crippen molar-refractivity contribution in [1.82, 2.24) is 4.90 Å². The minimum atomic E-state index is -0.465. The molecule has 0 unspecified atom stereocenters. The monoisotopic (exact) mass is 388 g/mol. The molecule has 0 bridgehead atoms. The Morgan fingerprint density at radius 1 is 0.828 bits per heavy atom. The summed E-state index contributed by atoms with van der Waals surface area (Å²) in [6.07, 6.45) is -0.223. The minimum Gasteiger partial charge on any atom is -0.444 e. The van der Waals surface area contributed by atoms with Crippen LogP contribution in [-0.4, -0.2) is 42.8 Å². The van der Waals surface area contributed by atoms with Gasteiger partial charge in [-0.3, -0.25) is 0 Å². The maximum atomic E-state index is 12.4. The van der Waals surface area contributed by atoms with Crippen molar-refractivity contribution in [2.45, 2.75) is 26.4 Å². The first kappa shape index (κ1) is 19.3. The molecule has 1 saturated heterocycles. The second-order valence-corrected chi connectivity index (χ2v) is 8.50. The van der Waals surface area contributed by atoms with Gasteiger partial charge in [0.25, 0.3) is 0 Å². The Morgan fingerprint density at radius 2 is 1.48 bits per heavy atom. The highest BCUT2D eigenvalue weighted by atomic mass is 16.6. The summed E-state index contributed by atoms with van der Waals surface area (Å²) in [5, 5.41) is 2.49. The molecule has 1 fully saturated rings. The molecular weight excluding hydrogens is 360 g/mol. The average molecular weight is 389 g/mol. The van der Waals surface area contributed by atoms with E-state index >= 15 is 0 Å². The smallest absolute Gasteiger partial charge is 0.410 e. The number of benzene rings is 3. The van der Waals surface area contributed by atoms with Gasteiger partial charge in [-0.25, -0.2) is 4.79 Å². The Labute approximate surface area is 172 Å². The molecular formula is C25H28N2O2. The summed E-state index contributed by atoms with van der Waals surface area (Å²) in [4.78, 5) is 16.6. The van der Waals surface area contributed by atoms with Gasteiger partial charge in [0, 0.05) is 37.4 Å². The fourth-order valence-corrected chi connectivity index (χ4v) is 3.89. The van der Waals surface area contributed by atoms with E-state index in [0.29, 0.717) is 13.1 Å². The zero-order chi connectivity index (χ0) is 20.4. The van der Waals surface area contributed by atoms with Gasteiger partial charge in [0.15, 0.2) is 0 Å². The average Bonchev–Trinajstić information content (AvgIpc) is 2.72. The van der Waals surface area contributed by atoms with E-state index < -0.39 is 5.60 Å². The number of rotatable bonds is 2. The lowest BCUT2D eigenvalue weighted by molar-refractivity contribution is 0.0240. The molecule has 0 aromatic heterocycles. The van der Waals surface area contributed by atoms with E-state index in [1.807, 2.05) is 31.7 Å². The first-order valence-electron chi connectivity index (χ1n) is 10.2. The molecule has 3 aromatic carbocycles. The fourth-order valence-electron chi connectivity index (χ4n) is 3.89. The number of nitrogens with zero attached hydrogens (tertiary/aromatic N) is 2. The number of amides is 1. The second-order valence-electron chi connectivity index (χ2n) is 8.50. The van der Waals surface area contributed by atoms with Crippen LogP contribution in [0.15, 0.2) is 66.7 Å². The van der Waals surface area contributed by atoms with Gasteiger partial charge in [-0.2, -0.15) is 0 Å². The second kappa shape index (κ2) is 7.78. The highest BCUT2D eigenvalue weighted by Crippen LogP contribution is 2.38. The van der Waals surface area contributed by atoms with Crippen LogP contribution in [0.4, 0.5) is 10.5 Å². The van der Waals surface area contributed by atoms with Gasteiger partial charge in [0.2, 0.25) is 0 Å². The molecule has 0 atom stereocenters. The van der Waals surface area contributed by atoms with E-state index in [-0.39, 0.29) is 6.09 Å². The molecule has 150 valence electrons. The van der Waals surface area contributed by atoms with E-state index in [2.05, 4.69) is 65.6 Å². The predicted molar refractivity (Wildman–Crippen MR) is 119 cm³/mol. The lowest BCUT2D eigenvalue weighted by atomic mass is 9.95. The van der Waals surface area contributed by atoms with Crippen LogP contribution in [0.1, 0.15) is 20.8 Å². The molecule has 4 nitrogen and oxygen atoms in total. The van der Waals surface area contributed by atoms with Crippen molar-refractivity contribution < 1.29 is 9.53 Å². The highest BCUT2D eigenvalue weighted by molar-refractivity contribution is 6.03. The van der Waals surface area contributed by atoms with Crippen LogP contribution < -0.4 is 4.90 Å². The van der Waals surface area contributed by atoms with Crippen LogP contribution >= 0.6 is 0 Å². The van der Waals surface area contributed by atoms with Gasteiger partial charge in [-0.05, 0) is 43.2 Å². The molecule has 0 aliphatic carbocycles. The Bertz CT molecular complexity index is 1000. The molecule has 1 heterocycles. The number of anilines is 1. The molecule has 1 aliphatic rings. The molecule has 0 saturated carbocycles. The Balaban J connectivity index is 1.63. The standard InChI is InChI=1S/C25H28N2O2/c1-25(2,3)29-24(28)27-17-15-26(16-18-27)22-14-13-19-9-7-8-12-21(19)23(22)20-10-5-4-6-11-20/h4-14H,15-18H2,1-3H3. The van der Waals surface area contributed by atoms with Crippen LogP contribution in [-0.2, 0) is 4.74 Å². The third kappa shape index (κ3) is 4.21. The topological polar surface area (TPSA) is 32.8 Å². The number of carbonyl (C=O) groups excluding carboxylic acids is 1. The van der Waals surface area contributed by atoms with Crippen LogP contribution in [0.2, 0.25) is 0 Å². The largest absolute Gasteiger partial charge is 0.444 e. The third-order valence-corrected chi connectivity index (χ3v) is 5.24. The summed E-state index contributed by atoms with van der Waals surface area (Å²) in [7, 11) is 0. The van der Waals surface area contributed by atoms with Gasteiger partial charge < -0.3 is 14.5 Å². The molecule has 1 amide bonds. The van der Waals surface area contributed by atoms with Gasteiger partial charge in [0.05, 0.1) is 0 Å². The summed E-state index contributed by atoms with van der Waals surface area (Å²) >= 11 is 0. The van der Waals surface area contributed by atoms with Crippen molar-refractivity contribution in [3.05, 3.63) is 66.7 Å². The van der Waals surface area contributed by atoms with E-state index in [4.69, 9.17) is 4.74 Å². The normalized spacial score (nSPS) is 14.9. The number of hydrogen-bond acceptors (Lipinski definition) is 3. The lowest BCUT2D eigenvalue weighted by Gasteiger charge is -2.37. The maximum absolute atomic E-state index is 12.4. The molecule has 1 aliphatic heterocycles. The Kier molecular flexibility index (Phi) is 5.18. The zero-order valence-electron chi connectivity index (χ0n) is 17.4. The zero-order valence-corrected chi connectivity index (χ0v) is 17.4. The van der Waals surface area contributed by atoms with Gasteiger partial charge >= 0.3 is 6.09 Å². The van der Waals surface area contributed by atoms with Crippen LogP contribution in [0.5, 0.6) is 0 Å². The van der Waals surface area contributed by atoms with E-state index in [1.165, 1.54) is 27.6 Å².